The Hall–Kier alpha value is -1.81. The zero-order valence-electron chi connectivity index (χ0n) is 12.6. The third-order valence-electron chi connectivity index (χ3n) is 3.66. The number of aromatic nitrogens is 2. The van der Waals surface area contributed by atoms with Crippen LogP contribution in [-0.2, 0) is 13.5 Å². The van der Waals surface area contributed by atoms with Gasteiger partial charge in [0.25, 0.3) is 0 Å². The van der Waals surface area contributed by atoms with Crippen LogP contribution in [0.1, 0.15) is 31.1 Å². The molecule has 1 aromatic carbocycles. The lowest BCUT2D eigenvalue weighted by atomic mass is 10.0. The Labute approximate surface area is 121 Å². The number of hydrogen-bond donors (Lipinski definition) is 1. The van der Waals surface area contributed by atoms with Crippen LogP contribution in [0.3, 0.4) is 0 Å². The molecule has 0 spiro atoms. The fourth-order valence-electron chi connectivity index (χ4n) is 2.73. The van der Waals surface area contributed by atoms with Crippen molar-refractivity contribution in [3.05, 3.63) is 47.8 Å². The van der Waals surface area contributed by atoms with E-state index in [1.165, 1.54) is 11.3 Å². The van der Waals surface area contributed by atoms with Gasteiger partial charge in [0.05, 0.1) is 11.7 Å². The van der Waals surface area contributed by atoms with Gasteiger partial charge in [-0.2, -0.15) is 5.10 Å². The van der Waals surface area contributed by atoms with Crippen molar-refractivity contribution in [2.24, 2.45) is 12.8 Å². The van der Waals surface area contributed by atoms with E-state index >= 15 is 0 Å². The quantitative estimate of drug-likeness (QED) is 0.879. The Bertz CT molecular complexity index is 533. The lowest BCUT2D eigenvalue weighted by Crippen LogP contribution is -2.34. The Morgan fingerprint density at radius 2 is 1.95 bits per heavy atom. The number of likely N-dealkylation sites (N-methyl/N-ethyl adjacent to an activating group) is 1. The lowest BCUT2D eigenvalue weighted by molar-refractivity contribution is 0.637. The standard InChI is InChI=1S/C16H24N4/c1-4-15-14(12-19(3)18-15)16(11-17)20(5-2)13-9-7-6-8-10-13/h6-10,12,16H,4-5,11,17H2,1-3H3. The number of para-hydroxylation sites is 1. The van der Waals surface area contributed by atoms with E-state index < -0.39 is 0 Å². The smallest absolute Gasteiger partial charge is 0.0698 e. The minimum atomic E-state index is 0.172. The highest BCUT2D eigenvalue weighted by Crippen LogP contribution is 2.28. The summed E-state index contributed by atoms with van der Waals surface area (Å²) in [5.74, 6) is 0. The molecule has 0 saturated carbocycles. The maximum atomic E-state index is 6.07. The van der Waals surface area contributed by atoms with Gasteiger partial charge >= 0.3 is 0 Å². The van der Waals surface area contributed by atoms with Gasteiger partial charge < -0.3 is 10.6 Å². The highest BCUT2D eigenvalue weighted by Gasteiger charge is 2.22. The molecule has 0 amide bonds. The van der Waals surface area contributed by atoms with Crippen LogP contribution >= 0.6 is 0 Å². The van der Waals surface area contributed by atoms with Crippen LogP contribution in [0.25, 0.3) is 0 Å². The van der Waals surface area contributed by atoms with E-state index in [9.17, 15) is 0 Å². The van der Waals surface area contributed by atoms with E-state index in [1.54, 1.807) is 0 Å². The average Bonchev–Trinajstić information content (AvgIpc) is 2.86. The molecule has 108 valence electrons. The number of hydrogen-bond acceptors (Lipinski definition) is 3. The van der Waals surface area contributed by atoms with Gasteiger partial charge in [-0.1, -0.05) is 25.1 Å². The Morgan fingerprint density at radius 3 is 2.50 bits per heavy atom. The summed E-state index contributed by atoms with van der Waals surface area (Å²) in [5.41, 5.74) is 9.65. The molecule has 1 aromatic heterocycles. The molecule has 1 atom stereocenters. The highest BCUT2D eigenvalue weighted by molar-refractivity contribution is 5.49. The molecule has 0 aliphatic rings. The molecular formula is C16H24N4. The molecule has 0 bridgehead atoms. The van der Waals surface area contributed by atoms with E-state index in [4.69, 9.17) is 5.73 Å². The van der Waals surface area contributed by atoms with Gasteiger partial charge in [-0.25, -0.2) is 0 Å². The maximum Gasteiger partial charge on any atom is 0.0698 e. The molecule has 1 heterocycles. The van der Waals surface area contributed by atoms with Crippen LogP contribution in [0.5, 0.6) is 0 Å². The molecule has 2 aromatic rings. The molecule has 0 aliphatic carbocycles. The predicted octanol–water partition coefficient (Wildman–Crippen LogP) is 2.51. The molecule has 1 unspecified atom stereocenters. The van der Waals surface area contributed by atoms with Crippen molar-refractivity contribution in [2.75, 3.05) is 18.0 Å². The summed E-state index contributed by atoms with van der Waals surface area (Å²) >= 11 is 0. The predicted molar refractivity (Wildman–Crippen MR) is 83.8 cm³/mol. The van der Waals surface area contributed by atoms with Gasteiger partial charge in [0.2, 0.25) is 0 Å². The van der Waals surface area contributed by atoms with Crippen LogP contribution in [-0.4, -0.2) is 22.9 Å². The minimum Gasteiger partial charge on any atom is -0.363 e. The summed E-state index contributed by atoms with van der Waals surface area (Å²) in [5, 5.41) is 4.54. The fourth-order valence-corrected chi connectivity index (χ4v) is 2.73. The summed E-state index contributed by atoms with van der Waals surface area (Å²) in [4.78, 5) is 2.34. The highest BCUT2D eigenvalue weighted by atomic mass is 15.3. The lowest BCUT2D eigenvalue weighted by Gasteiger charge is -2.32. The van der Waals surface area contributed by atoms with Crippen molar-refractivity contribution in [3.63, 3.8) is 0 Å². The monoisotopic (exact) mass is 272 g/mol. The molecule has 0 fully saturated rings. The summed E-state index contributed by atoms with van der Waals surface area (Å²) in [7, 11) is 1.97. The van der Waals surface area contributed by atoms with Gasteiger partial charge in [0.1, 0.15) is 0 Å². The van der Waals surface area contributed by atoms with Crippen LogP contribution in [0.2, 0.25) is 0 Å². The average molecular weight is 272 g/mol. The van der Waals surface area contributed by atoms with Gasteiger partial charge in [-0.15, -0.1) is 0 Å². The summed E-state index contributed by atoms with van der Waals surface area (Å²) in [6.45, 7) is 5.81. The normalized spacial score (nSPS) is 12.4. The van der Waals surface area contributed by atoms with Crippen molar-refractivity contribution in [1.29, 1.82) is 0 Å². The Kier molecular flexibility index (Phi) is 4.79. The van der Waals surface area contributed by atoms with Crippen molar-refractivity contribution >= 4 is 5.69 Å². The minimum absolute atomic E-state index is 0.172. The van der Waals surface area contributed by atoms with Crippen molar-refractivity contribution < 1.29 is 0 Å². The second-order valence-corrected chi connectivity index (χ2v) is 4.93. The topological polar surface area (TPSA) is 47.1 Å². The summed E-state index contributed by atoms with van der Waals surface area (Å²) in [6.07, 6.45) is 3.03. The van der Waals surface area contributed by atoms with Gasteiger partial charge in [-0.3, -0.25) is 4.68 Å². The molecule has 4 nitrogen and oxygen atoms in total. The third-order valence-corrected chi connectivity index (χ3v) is 3.66. The van der Waals surface area contributed by atoms with E-state index in [2.05, 4.69) is 54.3 Å². The Morgan fingerprint density at radius 1 is 1.25 bits per heavy atom. The first-order valence-electron chi connectivity index (χ1n) is 7.25. The number of benzene rings is 1. The van der Waals surface area contributed by atoms with E-state index in [0.29, 0.717) is 6.54 Å². The Balaban J connectivity index is 2.39. The van der Waals surface area contributed by atoms with E-state index in [-0.39, 0.29) is 6.04 Å². The van der Waals surface area contributed by atoms with Gasteiger partial charge in [-0.05, 0) is 25.5 Å². The van der Waals surface area contributed by atoms with Crippen molar-refractivity contribution in [2.45, 2.75) is 26.3 Å². The third kappa shape index (κ3) is 2.85. The van der Waals surface area contributed by atoms with Crippen LogP contribution in [0.15, 0.2) is 36.5 Å². The number of nitrogens with zero attached hydrogens (tertiary/aromatic N) is 3. The largest absolute Gasteiger partial charge is 0.363 e. The first-order chi connectivity index (χ1) is 9.71. The second kappa shape index (κ2) is 6.57. The maximum absolute atomic E-state index is 6.07. The van der Waals surface area contributed by atoms with Gasteiger partial charge in [0, 0.05) is 37.6 Å². The summed E-state index contributed by atoms with van der Waals surface area (Å²) < 4.78 is 1.88. The zero-order chi connectivity index (χ0) is 14.5. The SMILES string of the molecule is CCc1nn(C)cc1C(CN)N(CC)c1ccccc1. The second-order valence-electron chi connectivity index (χ2n) is 4.93. The van der Waals surface area contributed by atoms with Crippen LogP contribution < -0.4 is 10.6 Å². The molecule has 2 N–H and O–H groups in total. The van der Waals surface area contributed by atoms with Crippen LogP contribution in [0, 0.1) is 0 Å². The fraction of sp³-hybridized carbons (Fsp3) is 0.438. The molecule has 20 heavy (non-hydrogen) atoms. The van der Waals surface area contributed by atoms with E-state index in [1.807, 2.05) is 17.8 Å². The number of rotatable bonds is 6. The van der Waals surface area contributed by atoms with Crippen LogP contribution in [0.4, 0.5) is 5.69 Å². The molecule has 0 aliphatic heterocycles. The van der Waals surface area contributed by atoms with E-state index in [0.717, 1.165) is 18.7 Å². The molecule has 4 heteroatoms. The molecule has 0 radical (unpaired) electrons. The zero-order valence-corrected chi connectivity index (χ0v) is 12.6. The molecular weight excluding hydrogens is 248 g/mol. The summed E-state index contributed by atoms with van der Waals surface area (Å²) in [6, 6.07) is 10.6. The van der Waals surface area contributed by atoms with Crippen molar-refractivity contribution in [1.82, 2.24) is 9.78 Å². The number of aryl methyl sites for hydroxylation is 2. The van der Waals surface area contributed by atoms with Gasteiger partial charge in [0.15, 0.2) is 0 Å². The number of nitrogens with two attached hydrogens (primary N) is 1. The van der Waals surface area contributed by atoms with Crippen molar-refractivity contribution in [3.8, 4) is 0 Å². The molecule has 0 saturated heterocycles. The first kappa shape index (κ1) is 14.6. The number of anilines is 1. The first-order valence-corrected chi connectivity index (χ1v) is 7.25. The molecule has 2 rings (SSSR count).